The van der Waals surface area contributed by atoms with Gasteiger partial charge in [0.1, 0.15) is 18.0 Å². The molecule has 2 aliphatic rings. The third-order valence-electron chi connectivity index (χ3n) is 6.30. The Morgan fingerprint density at radius 1 is 0.972 bits per heavy atom. The van der Waals surface area contributed by atoms with Gasteiger partial charge in [-0.1, -0.05) is 48.0 Å². The lowest BCUT2D eigenvalue weighted by Crippen LogP contribution is -2.45. The van der Waals surface area contributed by atoms with Crippen LogP contribution in [0.15, 0.2) is 90.1 Å². The molecule has 0 saturated heterocycles. The predicted octanol–water partition coefficient (Wildman–Crippen LogP) is 4.22. The molecule has 2 aliphatic heterocycles. The first kappa shape index (κ1) is 23.2. The number of aryl methyl sites for hydroxylation is 1. The van der Waals surface area contributed by atoms with Gasteiger partial charge in [0.2, 0.25) is 5.91 Å². The van der Waals surface area contributed by atoms with Crippen LogP contribution in [-0.4, -0.2) is 47.8 Å². The summed E-state index contributed by atoms with van der Waals surface area (Å²) in [7, 11) is 1.63. The second-order valence-corrected chi connectivity index (χ2v) is 8.86. The molecule has 8 heteroatoms. The normalized spacial score (nSPS) is 17.1. The van der Waals surface area contributed by atoms with E-state index in [0.29, 0.717) is 22.7 Å². The number of ether oxygens (including phenoxy) is 1. The van der Waals surface area contributed by atoms with Crippen molar-refractivity contribution < 1.29 is 19.1 Å². The van der Waals surface area contributed by atoms with Crippen LogP contribution in [0.3, 0.4) is 0 Å². The van der Waals surface area contributed by atoms with Crippen molar-refractivity contribution in [2.75, 3.05) is 25.5 Å². The van der Waals surface area contributed by atoms with Gasteiger partial charge in [-0.05, 0) is 48.9 Å². The van der Waals surface area contributed by atoms with E-state index >= 15 is 0 Å². The number of nitrogens with zero attached hydrogens (tertiary/aromatic N) is 2. The highest BCUT2D eigenvalue weighted by Gasteiger charge is 2.43. The number of likely N-dealkylation sites (N-methyl/N-ethyl adjacent to an activating group) is 1. The summed E-state index contributed by atoms with van der Waals surface area (Å²) in [5.74, 6) is 0.784. The van der Waals surface area contributed by atoms with Gasteiger partial charge >= 0.3 is 6.03 Å². The van der Waals surface area contributed by atoms with E-state index < -0.39 is 6.04 Å². The van der Waals surface area contributed by atoms with E-state index in [1.165, 1.54) is 9.80 Å². The van der Waals surface area contributed by atoms with E-state index in [9.17, 15) is 14.4 Å². The molecule has 4 amide bonds. The van der Waals surface area contributed by atoms with Crippen LogP contribution < -0.4 is 15.4 Å². The van der Waals surface area contributed by atoms with Crippen molar-refractivity contribution in [3.8, 4) is 11.5 Å². The van der Waals surface area contributed by atoms with Gasteiger partial charge in [-0.2, -0.15) is 0 Å². The minimum Gasteiger partial charge on any atom is -0.457 e. The Balaban J connectivity index is 1.25. The van der Waals surface area contributed by atoms with Crippen molar-refractivity contribution >= 4 is 23.5 Å². The van der Waals surface area contributed by atoms with Gasteiger partial charge in [-0.15, -0.1) is 0 Å². The Morgan fingerprint density at radius 2 is 1.64 bits per heavy atom. The second kappa shape index (κ2) is 9.58. The largest absolute Gasteiger partial charge is 0.457 e. The number of para-hydroxylation sites is 1. The van der Waals surface area contributed by atoms with Gasteiger partial charge in [0.15, 0.2) is 0 Å². The topological polar surface area (TPSA) is 91.0 Å². The van der Waals surface area contributed by atoms with Crippen molar-refractivity contribution in [1.29, 1.82) is 0 Å². The molecule has 3 aromatic rings. The second-order valence-electron chi connectivity index (χ2n) is 8.86. The Kier molecular flexibility index (Phi) is 6.16. The standard InChI is InChI=1S/C28H26N4O4/c1-18-8-10-19(11-9-18)26-25-23(31(2)28(35)30-26)16-32(27(25)34)17-24(33)29-20-12-14-22(15-13-20)36-21-6-4-3-5-7-21/h3-15,26H,16-17H2,1-2H3,(H,29,33)(H,30,35)/t26-/m0/s1. The monoisotopic (exact) mass is 482 g/mol. The summed E-state index contributed by atoms with van der Waals surface area (Å²) < 4.78 is 5.78. The number of rotatable bonds is 6. The van der Waals surface area contributed by atoms with E-state index in [0.717, 1.165) is 16.9 Å². The number of amides is 4. The first-order chi connectivity index (χ1) is 17.4. The van der Waals surface area contributed by atoms with Gasteiger partial charge in [0.25, 0.3) is 5.91 Å². The van der Waals surface area contributed by atoms with Crippen molar-refractivity contribution in [3.05, 3.63) is 101 Å². The zero-order valence-electron chi connectivity index (χ0n) is 20.0. The number of urea groups is 1. The molecule has 3 aromatic carbocycles. The minimum atomic E-state index is -0.554. The van der Waals surface area contributed by atoms with E-state index in [-0.39, 0.29) is 30.9 Å². The number of benzene rings is 3. The summed E-state index contributed by atoms with van der Waals surface area (Å²) in [5, 5.41) is 5.74. The van der Waals surface area contributed by atoms with Crippen LogP contribution in [0.4, 0.5) is 10.5 Å². The lowest BCUT2D eigenvalue weighted by molar-refractivity contribution is -0.130. The zero-order valence-corrected chi connectivity index (χ0v) is 20.0. The molecule has 2 N–H and O–H groups in total. The fraction of sp³-hybridized carbons (Fsp3) is 0.179. The summed E-state index contributed by atoms with van der Waals surface area (Å²) in [6.07, 6.45) is 0. The number of nitrogens with one attached hydrogen (secondary N) is 2. The molecular weight excluding hydrogens is 456 g/mol. The van der Waals surface area contributed by atoms with Crippen LogP contribution in [0.1, 0.15) is 17.2 Å². The fourth-order valence-electron chi connectivity index (χ4n) is 4.36. The molecule has 0 fully saturated rings. The average molecular weight is 483 g/mol. The highest BCUT2D eigenvalue weighted by molar-refractivity contribution is 6.04. The van der Waals surface area contributed by atoms with Crippen molar-refractivity contribution in [1.82, 2.24) is 15.1 Å². The maximum Gasteiger partial charge on any atom is 0.322 e. The molecule has 36 heavy (non-hydrogen) atoms. The molecular formula is C28H26N4O4. The molecule has 2 heterocycles. The van der Waals surface area contributed by atoms with Crippen molar-refractivity contribution in [2.24, 2.45) is 0 Å². The Morgan fingerprint density at radius 3 is 2.33 bits per heavy atom. The maximum atomic E-state index is 13.3. The summed E-state index contributed by atoms with van der Waals surface area (Å²) >= 11 is 0. The van der Waals surface area contributed by atoms with E-state index in [1.807, 2.05) is 61.5 Å². The van der Waals surface area contributed by atoms with Crippen LogP contribution in [0.25, 0.3) is 0 Å². The quantitative estimate of drug-likeness (QED) is 0.551. The molecule has 0 spiro atoms. The van der Waals surface area contributed by atoms with Crippen LogP contribution in [0.5, 0.6) is 11.5 Å². The molecule has 5 rings (SSSR count). The average Bonchev–Trinajstić information content (AvgIpc) is 3.20. The highest BCUT2D eigenvalue weighted by atomic mass is 16.5. The first-order valence-electron chi connectivity index (χ1n) is 11.6. The summed E-state index contributed by atoms with van der Waals surface area (Å²) in [6, 6.07) is 23.3. The SMILES string of the molecule is Cc1ccc([C@@H]2NC(=O)N(C)C3=C2C(=O)N(CC(=O)Nc2ccc(Oc4ccccc4)cc2)C3)cc1. The third-order valence-corrected chi connectivity index (χ3v) is 6.30. The van der Waals surface area contributed by atoms with Crippen LogP contribution >= 0.6 is 0 Å². The summed E-state index contributed by atoms with van der Waals surface area (Å²) in [6.45, 7) is 2.04. The smallest absolute Gasteiger partial charge is 0.322 e. The molecule has 1 atom stereocenters. The molecule has 0 aliphatic carbocycles. The first-order valence-corrected chi connectivity index (χ1v) is 11.6. The van der Waals surface area contributed by atoms with Gasteiger partial charge in [0.05, 0.1) is 23.9 Å². The lowest BCUT2D eigenvalue weighted by Gasteiger charge is -2.31. The van der Waals surface area contributed by atoms with E-state index in [1.54, 1.807) is 31.3 Å². The third kappa shape index (κ3) is 4.65. The highest BCUT2D eigenvalue weighted by Crippen LogP contribution is 2.35. The number of hydrogen-bond donors (Lipinski definition) is 2. The van der Waals surface area contributed by atoms with Crippen LogP contribution in [0, 0.1) is 6.92 Å². The predicted molar refractivity (Wildman–Crippen MR) is 135 cm³/mol. The van der Waals surface area contributed by atoms with E-state index in [2.05, 4.69) is 10.6 Å². The summed E-state index contributed by atoms with van der Waals surface area (Å²) in [4.78, 5) is 41.6. The zero-order chi connectivity index (χ0) is 25.2. The van der Waals surface area contributed by atoms with Crippen LogP contribution in [-0.2, 0) is 9.59 Å². The molecule has 0 bridgehead atoms. The summed E-state index contributed by atoms with van der Waals surface area (Å²) in [5.41, 5.74) is 3.62. The maximum absolute atomic E-state index is 13.3. The van der Waals surface area contributed by atoms with Crippen LogP contribution in [0.2, 0.25) is 0 Å². The number of anilines is 1. The number of carbonyl (C=O) groups excluding carboxylic acids is 3. The van der Waals surface area contributed by atoms with E-state index in [4.69, 9.17) is 4.74 Å². The molecule has 8 nitrogen and oxygen atoms in total. The van der Waals surface area contributed by atoms with Crippen molar-refractivity contribution in [2.45, 2.75) is 13.0 Å². The number of hydrogen-bond acceptors (Lipinski definition) is 4. The van der Waals surface area contributed by atoms with Crippen molar-refractivity contribution in [3.63, 3.8) is 0 Å². The molecule has 0 aromatic heterocycles. The molecule has 0 unspecified atom stereocenters. The Hall–Kier alpha value is -4.59. The van der Waals surface area contributed by atoms with Gasteiger partial charge in [-0.25, -0.2) is 4.79 Å². The van der Waals surface area contributed by atoms with Gasteiger partial charge in [-0.3, -0.25) is 14.5 Å². The molecule has 0 saturated carbocycles. The van der Waals surface area contributed by atoms with Gasteiger partial charge in [0, 0.05) is 12.7 Å². The fourth-order valence-corrected chi connectivity index (χ4v) is 4.36. The molecule has 0 radical (unpaired) electrons. The lowest BCUT2D eigenvalue weighted by atomic mass is 9.95. The minimum absolute atomic E-state index is 0.128. The molecule has 182 valence electrons. The Bertz CT molecular complexity index is 1330. The van der Waals surface area contributed by atoms with Gasteiger partial charge < -0.3 is 20.3 Å². The number of carbonyl (C=O) groups is 3. The Labute approximate surface area is 209 Å².